The SMILES string of the molecule is CCOc1ccccc1C(=O)CN1CCCC(OC)C1. The van der Waals surface area contributed by atoms with Crippen LogP contribution in [0.2, 0.25) is 0 Å². The number of hydrogen-bond acceptors (Lipinski definition) is 4. The Morgan fingerprint density at radius 2 is 2.20 bits per heavy atom. The van der Waals surface area contributed by atoms with Gasteiger partial charge in [-0.1, -0.05) is 12.1 Å². The quantitative estimate of drug-likeness (QED) is 0.748. The Balaban J connectivity index is 2.01. The van der Waals surface area contributed by atoms with E-state index in [4.69, 9.17) is 9.47 Å². The van der Waals surface area contributed by atoms with E-state index in [0.29, 0.717) is 24.5 Å². The minimum absolute atomic E-state index is 0.116. The molecular formula is C16H23NO3. The molecule has 1 saturated heterocycles. The lowest BCUT2D eigenvalue weighted by molar-refractivity contribution is 0.0314. The Bertz CT molecular complexity index is 447. The summed E-state index contributed by atoms with van der Waals surface area (Å²) in [6.07, 6.45) is 2.41. The standard InChI is InChI=1S/C16H23NO3/c1-3-20-16-9-5-4-8-14(16)15(18)12-17-10-6-7-13(11-17)19-2/h4-5,8-9,13H,3,6-7,10-12H2,1-2H3. The topological polar surface area (TPSA) is 38.8 Å². The van der Waals surface area contributed by atoms with E-state index in [1.165, 1.54) is 0 Å². The van der Waals surface area contributed by atoms with E-state index in [9.17, 15) is 4.79 Å². The van der Waals surface area contributed by atoms with Crippen molar-refractivity contribution in [2.75, 3.05) is 33.4 Å². The zero-order valence-electron chi connectivity index (χ0n) is 12.3. The number of methoxy groups -OCH3 is 1. The smallest absolute Gasteiger partial charge is 0.180 e. The van der Waals surface area contributed by atoms with E-state index in [-0.39, 0.29) is 11.9 Å². The first-order chi connectivity index (χ1) is 9.74. The molecule has 4 heteroatoms. The number of nitrogens with zero attached hydrogens (tertiary/aromatic N) is 1. The van der Waals surface area contributed by atoms with E-state index >= 15 is 0 Å². The molecule has 20 heavy (non-hydrogen) atoms. The van der Waals surface area contributed by atoms with Crippen molar-refractivity contribution in [3.05, 3.63) is 29.8 Å². The Hall–Kier alpha value is -1.39. The summed E-state index contributed by atoms with van der Waals surface area (Å²) in [6, 6.07) is 7.46. The highest BCUT2D eigenvalue weighted by molar-refractivity contribution is 6.00. The molecular weight excluding hydrogens is 254 g/mol. The Labute approximate surface area is 120 Å². The number of carbonyl (C=O) groups excluding carboxylic acids is 1. The summed E-state index contributed by atoms with van der Waals surface area (Å²) < 4.78 is 10.9. The third-order valence-corrected chi connectivity index (χ3v) is 3.65. The first-order valence-electron chi connectivity index (χ1n) is 7.24. The molecule has 4 nitrogen and oxygen atoms in total. The van der Waals surface area contributed by atoms with E-state index in [0.717, 1.165) is 25.9 Å². The number of Topliss-reactive ketones (excluding diaryl/α,β-unsaturated/α-hetero) is 1. The predicted molar refractivity (Wildman–Crippen MR) is 78.4 cm³/mol. The molecule has 0 bridgehead atoms. The normalized spacial score (nSPS) is 19.8. The minimum atomic E-state index is 0.116. The van der Waals surface area contributed by atoms with Gasteiger partial charge in [-0.15, -0.1) is 0 Å². The van der Waals surface area contributed by atoms with Crippen LogP contribution >= 0.6 is 0 Å². The van der Waals surface area contributed by atoms with Gasteiger partial charge in [-0.05, 0) is 38.4 Å². The lowest BCUT2D eigenvalue weighted by Crippen LogP contribution is -2.41. The predicted octanol–water partition coefficient (Wildman–Crippen LogP) is 2.38. The van der Waals surface area contributed by atoms with Crippen molar-refractivity contribution < 1.29 is 14.3 Å². The van der Waals surface area contributed by atoms with Gasteiger partial charge in [0.1, 0.15) is 5.75 Å². The second-order valence-corrected chi connectivity index (χ2v) is 5.09. The summed E-state index contributed by atoms with van der Waals surface area (Å²) in [4.78, 5) is 14.6. The van der Waals surface area contributed by atoms with E-state index in [1.807, 2.05) is 31.2 Å². The van der Waals surface area contributed by atoms with Crippen LogP contribution in [-0.2, 0) is 4.74 Å². The number of rotatable bonds is 6. The van der Waals surface area contributed by atoms with Crippen LogP contribution in [0.4, 0.5) is 0 Å². The zero-order chi connectivity index (χ0) is 14.4. The molecule has 1 heterocycles. The molecule has 1 fully saturated rings. The summed E-state index contributed by atoms with van der Waals surface area (Å²) in [5, 5.41) is 0. The summed E-state index contributed by atoms with van der Waals surface area (Å²) in [7, 11) is 1.74. The van der Waals surface area contributed by atoms with Gasteiger partial charge in [-0.3, -0.25) is 9.69 Å². The first kappa shape index (κ1) is 15.0. The monoisotopic (exact) mass is 277 g/mol. The number of ketones is 1. The maximum atomic E-state index is 12.4. The van der Waals surface area contributed by atoms with E-state index in [2.05, 4.69) is 4.90 Å². The fraction of sp³-hybridized carbons (Fsp3) is 0.562. The summed E-state index contributed by atoms with van der Waals surface area (Å²) in [6.45, 7) is 4.72. The Morgan fingerprint density at radius 3 is 2.95 bits per heavy atom. The van der Waals surface area contributed by atoms with Crippen LogP contribution in [0.15, 0.2) is 24.3 Å². The van der Waals surface area contributed by atoms with Crippen molar-refractivity contribution in [2.45, 2.75) is 25.9 Å². The molecule has 1 aromatic carbocycles. The molecule has 110 valence electrons. The number of benzene rings is 1. The second-order valence-electron chi connectivity index (χ2n) is 5.09. The first-order valence-corrected chi connectivity index (χ1v) is 7.24. The molecule has 1 atom stereocenters. The number of hydrogen-bond donors (Lipinski definition) is 0. The highest BCUT2D eigenvalue weighted by Crippen LogP contribution is 2.20. The molecule has 0 aliphatic carbocycles. The van der Waals surface area contributed by atoms with Crippen molar-refractivity contribution in [3.8, 4) is 5.75 Å². The van der Waals surface area contributed by atoms with Crippen molar-refractivity contribution in [1.29, 1.82) is 0 Å². The average Bonchev–Trinajstić information content (AvgIpc) is 2.48. The van der Waals surface area contributed by atoms with E-state index < -0.39 is 0 Å². The van der Waals surface area contributed by atoms with Crippen LogP contribution in [-0.4, -0.2) is 50.1 Å². The average molecular weight is 277 g/mol. The maximum absolute atomic E-state index is 12.4. The molecule has 0 spiro atoms. The largest absolute Gasteiger partial charge is 0.493 e. The van der Waals surface area contributed by atoms with Crippen LogP contribution in [0.1, 0.15) is 30.1 Å². The molecule has 2 rings (SSSR count). The summed E-state index contributed by atoms with van der Waals surface area (Å²) in [5.74, 6) is 0.797. The van der Waals surface area contributed by atoms with Gasteiger partial charge in [0.15, 0.2) is 5.78 Å². The highest BCUT2D eigenvalue weighted by atomic mass is 16.5. The zero-order valence-corrected chi connectivity index (χ0v) is 12.3. The molecule has 1 aliphatic heterocycles. The molecule has 1 unspecified atom stereocenters. The molecule has 0 amide bonds. The molecule has 0 aromatic heterocycles. The minimum Gasteiger partial charge on any atom is -0.493 e. The van der Waals surface area contributed by atoms with Gasteiger partial charge in [0, 0.05) is 13.7 Å². The van der Waals surface area contributed by atoms with Crippen LogP contribution in [0.5, 0.6) is 5.75 Å². The lowest BCUT2D eigenvalue weighted by Gasteiger charge is -2.31. The van der Waals surface area contributed by atoms with Crippen LogP contribution in [0.25, 0.3) is 0 Å². The molecule has 0 radical (unpaired) electrons. The van der Waals surface area contributed by atoms with Gasteiger partial charge in [0.2, 0.25) is 0 Å². The summed E-state index contributed by atoms with van der Waals surface area (Å²) in [5.41, 5.74) is 0.675. The van der Waals surface area contributed by atoms with Crippen molar-refractivity contribution in [1.82, 2.24) is 4.90 Å². The highest BCUT2D eigenvalue weighted by Gasteiger charge is 2.22. The van der Waals surface area contributed by atoms with Crippen LogP contribution in [0, 0.1) is 0 Å². The van der Waals surface area contributed by atoms with Crippen LogP contribution in [0.3, 0.4) is 0 Å². The molecule has 1 aliphatic rings. The van der Waals surface area contributed by atoms with Gasteiger partial charge in [0.25, 0.3) is 0 Å². The van der Waals surface area contributed by atoms with Gasteiger partial charge in [0.05, 0.1) is 24.8 Å². The fourth-order valence-corrected chi connectivity index (χ4v) is 2.62. The van der Waals surface area contributed by atoms with Gasteiger partial charge < -0.3 is 9.47 Å². The number of para-hydroxylation sites is 1. The van der Waals surface area contributed by atoms with Crippen molar-refractivity contribution in [2.24, 2.45) is 0 Å². The third kappa shape index (κ3) is 3.81. The van der Waals surface area contributed by atoms with Gasteiger partial charge >= 0.3 is 0 Å². The molecule has 0 saturated carbocycles. The number of likely N-dealkylation sites (tertiary alicyclic amines) is 1. The Kier molecular flexibility index (Phi) is 5.56. The van der Waals surface area contributed by atoms with Crippen LogP contribution < -0.4 is 4.74 Å². The summed E-state index contributed by atoms with van der Waals surface area (Å²) >= 11 is 0. The third-order valence-electron chi connectivity index (χ3n) is 3.65. The fourth-order valence-electron chi connectivity index (χ4n) is 2.62. The van der Waals surface area contributed by atoms with Crippen molar-refractivity contribution in [3.63, 3.8) is 0 Å². The van der Waals surface area contributed by atoms with Gasteiger partial charge in [-0.25, -0.2) is 0 Å². The number of carbonyl (C=O) groups is 1. The second kappa shape index (κ2) is 7.41. The number of ether oxygens (including phenoxy) is 2. The lowest BCUT2D eigenvalue weighted by atomic mass is 10.1. The Morgan fingerprint density at radius 1 is 1.40 bits per heavy atom. The van der Waals surface area contributed by atoms with Gasteiger partial charge in [-0.2, -0.15) is 0 Å². The van der Waals surface area contributed by atoms with E-state index in [1.54, 1.807) is 7.11 Å². The van der Waals surface area contributed by atoms with Crippen molar-refractivity contribution >= 4 is 5.78 Å². The number of piperidine rings is 1. The maximum Gasteiger partial charge on any atom is 0.180 e. The molecule has 0 N–H and O–H groups in total. The molecule has 1 aromatic rings.